The Morgan fingerprint density at radius 2 is 1.44 bits per heavy atom. The summed E-state index contributed by atoms with van der Waals surface area (Å²) in [6.07, 6.45) is -3.61. The minimum Gasteiger partial charge on any atom is -0.480 e. The highest BCUT2D eigenvalue weighted by molar-refractivity contribution is 7.47. The number of hydrogen-bond acceptors (Lipinski definition) is 11. The topological polar surface area (TPSA) is 247 Å². The summed E-state index contributed by atoms with van der Waals surface area (Å²) in [5.41, 5.74) is 10.0. The first-order valence-corrected chi connectivity index (χ1v) is 10.1. The predicted octanol–water partition coefficient (Wildman–Crippen LogP) is -1.56. The van der Waals surface area contributed by atoms with Crippen LogP contribution in [0.1, 0.15) is 6.92 Å². The van der Waals surface area contributed by atoms with E-state index in [0.29, 0.717) is 0 Å². The average molecular weight is 440 g/mol. The molecule has 0 amide bonds. The van der Waals surface area contributed by atoms with Gasteiger partial charge in [-0.25, -0.2) is 13.9 Å². The van der Waals surface area contributed by atoms with Gasteiger partial charge in [-0.15, -0.1) is 0 Å². The van der Waals surface area contributed by atoms with Gasteiger partial charge in [-0.05, 0) is 6.92 Å². The highest BCUT2D eigenvalue weighted by Gasteiger charge is 2.33. The smallest absolute Gasteiger partial charge is 0.474 e. The van der Waals surface area contributed by atoms with Gasteiger partial charge < -0.3 is 30.5 Å². The van der Waals surface area contributed by atoms with Gasteiger partial charge in [0.25, 0.3) is 0 Å². The van der Waals surface area contributed by atoms with Gasteiger partial charge in [0.05, 0.1) is 19.8 Å². The highest BCUT2D eigenvalue weighted by atomic mass is 31.2. The van der Waals surface area contributed by atoms with Crippen LogP contribution in [0.4, 0.5) is 0 Å². The van der Waals surface area contributed by atoms with Crippen molar-refractivity contribution in [3.63, 3.8) is 0 Å². The molecule has 0 aliphatic heterocycles. The van der Waals surface area contributed by atoms with Gasteiger partial charge in [-0.3, -0.25) is 28.6 Å². The second-order valence-corrected chi connectivity index (χ2v) is 7.54. The molecule has 0 aliphatic carbocycles. The number of carbonyl (C=O) groups is 2. The second-order valence-electron chi connectivity index (χ2n) is 4.72. The van der Waals surface area contributed by atoms with Crippen molar-refractivity contribution in [2.24, 2.45) is 11.5 Å². The monoisotopic (exact) mass is 440 g/mol. The summed E-state index contributed by atoms with van der Waals surface area (Å²) >= 11 is 0. The molecule has 5 atom stereocenters. The van der Waals surface area contributed by atoms with Crippen molar-refractivity contribution in [1.82, 2.24) is 0 Å². The number of nitrogens with two attached hydrogens (primary N) is 2. The fourth-order valence-corrected chi connectivity index (χ4v) is 2.92. The number of aliphatic carboxylic acids is 2. The van der Waals surface area contributed by atoms with Crippen molar-refractivity contribution in [3.8, 4) is 0 Å². The molecule has 0 heterocycles. The molecule has 0 saturated heterocycles. The van der Waals surface area contributed by atoms with Crippen LogP contribution in [-0.4, -0.2) is 76.7 Å². The minimum atomic E-state index is -4.95. The molecular formula is C10H22N2O13P2. The Morgan fingerprint density at radius 3 is 1.93 bits per heavy atom. The molecule has 0 rings (SSSR count). The first-order chi connectivity index (χ1) is 12.3. The predicted molar refractivity (Wildman–Crippen MR) is 85.2 cm³/mol. The third kappa shape index (κ3) is 12.2. The fraction of sp³-hybridized carbons (Fsp3) is 0.800. The van der Waals surface area contributed by atoms with E-state index in [0.717, 1.165) is 0 Å². The van der Waals surface area contributed by atoms with Crippen LogP contribution in [0.3, 0.4) is 0 Å². The number of hydrogen-bond donors (Lipinski definition) is 6. The Balaban J connectivity index is 4.82. The maximum absolute atomic E-state index is 11.8. The number of rotatable bonds is 15. The van der Waals surface area contributed by atoms with Crippen molar-refractivity contribution < 1.29 is 61.6 Å². The normalized spacial score (nSPS) is 19.4. The zero-order chi connectivity index (χ0) is 21.3. The van der Waals surface area contributed by atoms with Crippen LogP contribution in [0.2, 0.25) is 0 Å². The van der Waals surface area contributed by atoms with Crippen LogP contribution in [0.25, 0.3) is 0 Å². The molecule has 0 aliphatic rings. The molecule has 0 radical (unpaired) electrons. The first kappa shape index (κ1) is 26.0. The Hall–Kier alpha value is -0.960. The quantitative estimate of drug-likeness (QED) is 0.124. The molecule has 5 unspecified atom stereocenters. The fourth-order valence-electron chi connectivity index (χ4n) is 1.22. The van der Waals surface area contributed by atoms with Crippen molar-refractivity contribution >= 4 is 27.6 Å². The van der Waals surface area contributed by atoms with Gasteiger partial charge in [0.2, 0.25) is 6.23 Å². The summed E-state index contributed by atoms with van der Waals surface area (Å²) in [5.74, 6) is -3.23. The lowest BCUT2D eigenvalue weighted by atomic mass is 10.3. The largest absolute Gasteiger partial charge is 0.480 e. The molecular weight excluding hydrogens is 418 g/mol. The lowest BCUT2D eigenvalue weighted by Crippen LogP contribution is -2.35. The average Bonchev–Trinajstić information content (AvgIpc) is 2.54. The lowest BCUT2D eigenvalue weighted by molar-refractivity contribution is -0.146. The van der Waals surface area contributed by atoms with E-state index < -0.39 is 65.8 Å². The molecule has 17 heteroatoms. The van der Waals surface area contributed by atoms with Crippen LogP contribution < -0.4 is 11.5 Å². The molecule has 0 fully saturated rings. The van der Waals surface area contributed by atoms with Crippen LogP contribution in [0, 0.1) is 0 Å². The van der Waals surface area contributed by atoms with Gasteiger partial charge in [0, 0.05) is 6.61 Å². The van der Waals surface area contributed by atoms with E-state index in [4.69, 9.17) is 26.4 Å². The minimum absolute atomic E-state index is 0.136. The van der Waals surface area contributed by atoms with Crippen molar-refractivity contribution in [1.29, 1.82) is 0 Å². The third-order valence-corrected chi connectivity index (χ3v) is 4.45. The van der Waals surface area contributed by atoms with E-state index >= 15 is 0 Å². The Morgan fingerprint density at radius 1 is 0.926 bits per heavy atom. The van der Waals surface area contributed by atoms with Gasteiger partial charge in [-0.2, -0.15) is 0 Å². The highest BCUT2D eigenvalue weighted by Crippen LogP contribution is 2.47. The Bertz CT molecular complexity index is 587. The Kier molecular flexibility index (Phi) is 11.4. The zero-order valence-corrected chi connectivity index (χ0v) is 15.9. The molecule has 0 aromatic carbocycles. The van der Waals surface area contributed by atoms with Crippen molar-refractivity contribution in [2.45, 2.75) is 25.3 Å². The SMILES string of the molecule is CCOCC(COP(=O)(O)OC(N)C(=O)O)OP(=O)(O)OCC(N)C(=O)O. The van der Waals surface area contributed by atoms with Gasteiger partial charge >= 0.3 is 27.6 Å². The molecule has 15 nitrogen and oxygen atoms in total. The molecule has 0 bridgehead atoms. The van der Waals surface area contributed by atoms with E-state index in [1.807, 2.05) is 0 Å². The van der Waals surface area contributed by atoms with E-state index in [-0.39, 0.29) is 6.61 Å². The summed E-state index contributed by atoms with van der Waals surface area (Å²) < 4.78 is 46.0. The molecule has 0 spiro atoms. The lowest BCUT2D eigenvalue weighted by Gasteiger charge is -2.22. The number of phosphoric ester groups is 2. The van der Waals surface area contributed by atoms with Crippen molar-refractivity contribution in [3.05, 3.63) is 0 Å². The molecule has 160 valence electrons. The third-order valence-electron chi connectivity index (χ3n) is 2.44. The summed E-state index contributed by atoms with van der Waals surface area (Å²) in [7, 11) is -9.79. The standard InChI is InChI=1S/C10H22N2O13P2/c1-2-21-3-6(4-22-27(19,20)25-8(12)10(15)16)24-26(17,18)23-5-7(11)9(13)14/h6-8H,2-5,11-12H2,1H3,(H,13,14)(H,15,16)(H,17,18)(H,19,20). The van der Waals surface area contributed by atoms with E-state index in [2.05, 4.69) is 18.1 Å². The summed E-state index contributed by atoms with van der Waals surface area (Å²) in [5, 5.41) is 17.1. The maximum Gasteiger partial charge on any atom is 0.474 e. The van der Waals surface area contributed by atoms with Crippen molar-refractivity contribution in [2.75, 3.05) is 26.4 Å². The number of phosphoric acid groups is 2. The Labute approximate surface area is 153 Å². The molecule has 0 aromatic rings. The second kappa shape index (κ2) is 11.8. The van der Waals surface area contributed by atoms with E-state index in [9.17, 15) is 28.5 Å². The van der Waals surface area contributed by atoms with Gasteiger partial charge in [0.15, 0.2) is 0 Å². The summed E-state index contributed by atoms with van der Waals surface area (Å²) in [4.78, 5) is 40.0. The van der Waals surface area contributed by atoms with Gasteiger partial charge in [-0.1, -0.05) is 0 Å². The summed E-state index contributed by atoms with van der Waals surface area (Å²) in [6.45, 7) is -0.415. The van der Waals surface area contributed by atoms with Crippen LogP contribution >= 0.6 is 15.6 Å². The number of carboxylic acid groups (broad SMARTS) is 2. The molecule has 0 aromatic heterocycles. The molecule has 8 N–H and O–H groups in total. The van der Waals surface area contributed by atoms with Crippen LogP contribution in [-0.2, 0) is 41.6 Å². The van der Waals surface area contributed by atoms with Crippen LogP contribution in [0.5, 0.6) is 0 Å². The molecule has 27 heavy (non-hydrogen) atoms. The number of carboxylic acids is 2. The maximum atomic E-state index is 11.8. The number of ether oxygens (including phenoxy) is 1. The van der Waals surface area contributed by atoms with Crippen LogP contribution in [0.15, 0.2) is 0 Å². The van der Waals surface area contributed by atoms with Gasteiger partial charge in [0.1, 0.15) is 12.1 Å². The van der Waals surface area contributed by atoms with E-state index in [1.165, 1.54) is 0 Å². The summed E-state index contributed by atoms with van der Waals surface area (Å²) in [6, 6.07) is -1.60. The van der Waals surface area contributed by atoms with E-state index in [1.54, 1.807) is 6.92 Å². The zero-order valence-electron chi connectivity index (χ0n) is 14.1. The molecule has 0 saturated carbocycles. The first-order valence-electron chi connectivity index (χ1n) is 7.15.